The Labute approximate surface area is 125 Å². The number of carbonyl (C=O) groups is 1. The molecule has 2 atom stereocenters. The van der Waals surface area contributed by atoms with Gasteiger partial charge in [0.15, 0.2) is 0 Å². The van der Waals surface area contributed by atoms with E-state index in [1.807, 2.05) is 19.9 Å². The second-order valence-corrected chi connectivity index (χ2v) is 6.30. The van der Waals surface area contributed by atoms with Gasteiger partial charge in [-0.3, -0.25) is 0 Å². The van der Waals surface area contributed by atoms with Crippen LogP contribution < -0.4 is 5.32 Å². The number of ether oxygens (including phenoxy) is 1. The maximum Gasteiger partial charge on any atom is 0.335 e. The molecule has 1 aromatic carbocycles. The molecule has 4 nitrogen and oxygen atoms in total. The molecular formula is C17H23NO3. The highest BCUT2D eigenvalue weighted by atomic mass is 16.5. The van der Waals surface area contributed by atoms with Gasteiger partial charge in [0.1, 0.15) is 0 Å². The summed E-state index contributed by atoms with van der Waals surface area (Å²) in [7, 11) is 0. The lowest BCUT2D eigenvalue weighted by atomic mass is 9.51. The summed E-state index contributed by atoms with van der Waals surface area (Å²) in [6.07, 6.45) is 5.09. The average molecular weight is 289 g/mol. The molecule has 0 aromatic heterocycles. The van der Waals surface area contributed by atoms with Crippen molar-refractivity contribution >= 4 is 11.7 Å². The SMILES string of the molecule is CCOC1CC(Nc2cc(C(=O)O)ccc2C)C12CCC2. The van der Waals surface area contributed by atoms with E-state index in [2.05, 4.69) is 5.32 Å². The third kappa shape index (κ3) is 2.31. The van der Waals surface area contributed by atoms with Crippen molar-refractivity contribution in [2.75, 3.05) is 11.9 Å². The van der Waals surface area contributed by atoms with E-state index in [4.69, 9.17) is 9.84 Å². The predicted octanol–water partition coefficient (Wildman–Crippen LogP) is 3.45. The molecule has 3 rings (SSSR count). The van der Waals surface area contributed by atoms with Crippen LogP contribution in [0.15, 0.2) is 18.2 Å². The van der Waals surface area contributed by atoms with Crippen LogP contribution in [0.2, 0.25) is 0 Å². The highest BCUT2D eigenvalue weighted by Gasteiger charge is 2.58. The molecule has 0 amide bonds. The van der Waals surface area contributed by atoms with Crippen LogP contribution in [0.5, 0.6) is 0 Å². The van der Waals surface area contributed by atoms with Crippen LogP contribution >= 0.6 is 0 Å². The van der Waals surface area contributed by atoms with Crippen molar-refractivity contribution in [1.82, 2.24) is 0 Å². The number of carboxylic acids is 1. The number of rotatable bonds is 5. The summed E-state index contributed by atoms with van der Waals surface area (Å²) >= 11 is 0. The van der Waals surface area contributed by atoms with E-state index in [1.54, 1.807) is 12.1 Å². The molecule has 2 saturated carbocycles. The maximum atomic E-state index is 11.1. The lowest BCUT2D eigenvalue weighted by molar-refractivity contribution is -0.157. The Morgan fingerprint density at radius 3 is 2.81 bits per heavy atom. The van der Waals surface area contributed by atoms with E-state index in [1.165, 1.54) is 19.3 Å². The number of aryl methyl sites for hydroxylation is 1. The van der Waals surface area contributed by atoms with Crippen LogP contribution in [0, 0.1) is 12.3 Å². The molecule has 114 valence electrons. The molecule has 0 aliphatic heterocycles. The van der Waals surface area contributed by atoms with Crippen molar-refractivity contribution in [3.63, 3.8) is 0 Å². The van der Waals surface area contributed by atoms with Crippen molar-refractivity contribution in [2.45, 2.75) is 51.7 Å². The van der Waals surface area contributed by atoms with Gasteiger partial charge in [-0.05, 0) is 50.8 Å². The zero-order valence-electron chi connectivity index (χ0n) is 12.7. The van der Waals surface area contributed by atoms with Gasteiger partial charge < -0.3 is 15.2 Å². The molecule has 2 N–H and O–H groups in total. The highest BCUT2D eigenvalue weighted by Crippen LogP contribution is 2.58. The number of nitrogens with one attached hydrogen (secondary N) is 1. The van der Waals surface area contributed by atoms with Gasteiger partial charge in [-0.1, -0.05) is 12.5 Å². The second kappa shape index (κ2) is 5.34. The molecule has 0 heterocycles. The quantitative estimate of drug-likeness (QED) is 0.871. The van der Waals surface area contributed by atoms with Crippen molar-refractivity contribution < 1.29 is 14.6 Å². The topological polar surface area (TPSA) is 58.6 Å². The van der Waals surface area contributed by atoms with Gasteiger partial charge in [-0.25, -0.2) is 4.79 Å². The van der Waals surface area contributed by atoms with E-state index < -0.39 is 5.97 Å². The normalized spacial score (nSPS) is 26.0. The van der Waals surface area contributed by atoms with Crippen LogP contribution in [0.1, 0.15) is 48.5 Å². The number of hydrogen-bond acceptors (Lipinski definition) is 3. The molecule has 2 unspecified atom stereocenters. The minimum absolute atomic E-state index is 0.279. The number of carboxylic acid groups (broad SMARTS) is 1. The molecule has 4 heteroatoms. The fourth-order valence-corrected chi connectivity index (χ4v) is 3.74. The van der Waals surface area contributed by atoms with Crippen LogP contribution in [0.25, 0.3) is 0 Å². The molecule has 0 bridgehead atoms. The Morgan fingerprint density at radius 2 is 2.24 bits per heavy atom. The minimum Gasteiger partial charge on any atom is -0.478 e. The number of aromatic carboxylic acids is 1. The molecule has 2 fully saturated rings. The fraction of sp³-hybridized carbons (Fsp3) is 0.588. The van der Waals surface area contributed by atoms with Gasteiger partial charge in [-0.2, -0.15) is 0 Å². The van der Waals surface area contributed by atoms with Crippen LogP contribution in [0.4, 0.5) is 5.69 Å². The zero-order chi connectivity index (χ0) is 15.0. The van der Waals surface area contributed by atoms with E-state index in [0.717, 1.165) is 24.3 Å². The molecule has 2 aliphatic carbocycles. The van der Waals surface area contributed by atoms with Gasteiger partial charge in [0.25, 0.3) is 0 Å². The van der Waals surface area contributed by atoms with Gasteiger partial charge in [0.05, 0.1) is 11.7 Å². The number of benzene rings is 1. The first-order valence-electron chi connectivity index (χ1n) is 7.79. The summed E-state index contributed by atoms with van der Waals surface area (Å²) < 4.78 is 5.86. The third-order valence-corrected chi connectivity index (χ3v) is 5.25. The third-order valence-electron chi connectivity index (χ3n) is 5.25. The molecule has 1 spiro atoms. The van der Waals surface area contributed by atoms with Gasteiger partial charge >= 0.3 is 5.97 Å². The Bertz CT molecular complexity index is 551. The Balaban J connectivity index is 1.75. The molecule has 1 aromatic rings. The monoisotopic (exact) mass is 289 g/mol. The van der Waals surface area contributed by atoms with E-state index in [0.29, 0.717) is 17.7 Å². The summed E-state index contributed by atoms with van der Waals surface area (Å²) in [5, 5.41) is 12.7. The minimum atomic E-state index is -0.878. The first-order valence-corrected chi connectivity index (χ1v) is 7.79. The van der Waals surface area contributed by atoms with Crippen LogP contribution in [-0.4, -0.2) is 29.8 Å². The Morgan fingerprint density at radius 1 is 1.48 bits per heavy atom. The highest BCUT2D eigenvalue weighted by molar-refractivity contribution is 5.89. The largest absolute Gasteiger partial charge is 0.478 e. The van der Waals surface area contributed by atoms with E-state index in [-0.39, 0.29) is 5.41 Å². The maximum absolute atomic E-state index is 11.1. The van der Waals surface area contributed by atoms with Crippen molar-refractivity contribution in [3.8, 4) is 0 Å². The van der Waals surface area contributed by atoms with Crippen molar-refractivity contribution in [3.05, 3.63) is 29.3 Å². The predicted molar refractivity (Wildman–Crippen MR) is 81.9 cm³/mol. The summed E-state index contributed by atoms with van der Waals surface area (Å²) in [4.78, 5) is 11.1. The average Bonchev–Trinajstić information content (AvgIpc) is 2.37. The van der Waals surface area contributed by atoms with E-state index in [9.17, 15) is 4.79 Å². The number of hydrogen-bond donors (Lipinski definition) is 2. The number of anilines is 1. The Hall–Kier alpha value is -1.55. The molecular weight excluding hydrogens is 266 g/mol. The molecule has 21 heavy (non-hydrogen) atoms. The first kappa shape index (κ1) is 14.4. The van der Waals surface area contributed by atoms with Crippen LogP contribution in [-0.2, 0) is 4.74 Å². The van der Waals surface area contributed by atoms with Gasteiger partial charge in [0.2, 0.25) is 0 Å². The van der Waals surface area contributed by atoms with Crippen molar-refractivity contribution in [1.29, 1.82) is 0 Å². The molecule has 0 radical (unpaired) electrons. The summed E-state index contributed by atoms with van der Waals surface area (Å²) in [6.45, 7) is 4.83. The lowest BCUT2D eigenvalue weighted by Gasteiger charge is -2.61. The summed E-state index contributed by atoms with van der Waals surface area (Å²) in [5.41, 5.74) is 2.66. The lowest BCUT2D eigenvalue weighted by Crippen LogP contribution is -2.64. The van der Waals surface area contributed by atoms with Gasteiger partial charge in [0, 0.05) is 23.8 Å². The Kier molecular flexibility index (Phi) is 3.66. The first-order chi connectivity index (χ1) is 10.1. The molecule has 2 aliphatic rings. The second-order valence-electron chi connectivity index (χ2n) is 6.30. The smallest absolute Gasteiger partial charge is 0.335 e. The van der Waals surface area contributed by atoms with Crippen molar-refractivity contribution in [2.24, 2.45) is 5.41 Å². The van der Waals surface area contributed by atoms with Crippen LogP contribution in [0.3, 0.4) is 0 Å². The zero-order valence-corrected chi connectivity index (χ0v) is 12.7. The summed E-state index contributed by atoms with van der Waals surface area (Å²) in [6, 6.07) is 5.69. The fourth-order valence-electron chi connectivity index (χ4n) is 3.74. The van der Waals surface area contributed by atoms with Gasteiger partial charge in [-0.15, -0.1) is 0 Å². The summed E-state index contributed by atoms with van der Waals surface area (Å²) in [5.74, 6) is -0.878. The molecule has 0 saturated heterocycles. The van der Waals surface area contributed by atoms with E-state index >= 15 is 0 Å². The standard InChI is InChI=1S/C17H23NO3/c1-3-21-15-10-14(17(15)7-4-8-17)18-13-9-12(16(19)20)6-5-11(13)2/h5-6,9,14-15,18H,3-4,7-8,10H2,1-2H3,(H,19,20).